The quantitative estimate of drug-likeness (QED) is 0.0643. The highest BCUT2D eigenvalue weighted by Crippen LogP contribution is 2.66. The lowest BCUT2D eigenvalue weighted by molar-refractivity contribution is -0.178. The lowest BCUT2D eigenvalue weighted by Crippen LogP contribution is -2.56. The Morgan fingerprint density at radius 3 is 2.26 bits per heavy atom. The maximum atomic E-state index is 16.6. The van der Waals surface area contributed by atoms with Gasteiger partial charge in [-0.1, -0.05) is 138 Å². The van der Waals surface area contributed by atoms with Crippen LogP contribution in [0.15, 0.2) is 170 Å². The Labute approximate surface area is 404 Å². The summed E-state index contributed by atoms with van der Waals surface area (Å²) in [6, 6.07) is 43.7. The average molecular weight is 932 g/mol. The Kier molecular flexibility index (Phi) is 12.5. The van der Waals surface area contributed by atoms with Crippen molar-refractivity contribution in [3.63, 3.8) is 0 Å². The number of esters is 1. The molecule has 2 saturated heterocycles. The van der Waals surface area contributed by atoms with Crippen LogP contribution in [-0.4, -0.2) is 74.6 Å². The number of aromatic nitrogens is 3. The van der Waals surface area contributed by atoms with Gasteiger partial charge >= 0.3 is 12.0 Å². The molecule has 2 fully saturated rings. The predicted octanol–water partition coefficient (Wildman–Crippen LogP) is 7.29. The molecule has 7 unspecified atom stereocenters. The number of hydrogen-bond acceptors (Lipinski definition) is 10. The highest BCUT2D eigenvalue weighted by molar-refractivity contribution is 6.24. The standard InChI is InChI=1S/C56H49N7O7/c1-3-31-57-52(65)47-49-53(66)70-50(40-21-11-6-12-22-40)48(39-19-9-5-10-20-39)63(49)51(41-26-28-42(29-27-41)69-34-33-64)56(47)43-35-37(16-15-32-61-46-24-14-13-23-44(46)59-60-61)25-30-45(43)62(54(56)67)55(68)58-36(2)38-17-7-4-8-18-38/h3-14,17-30,35-36,47-51,64H,1,31-34H2,2H3,(H,57,65)(H,58,68). The zero-order chi connectivity index (χ0) is 48.4. The molecule has 3 aliphatic heterocycles. The van der Waals surface area contributed by atoms with Crippen LogP contribution < -0.4 is 20.3 Å². The number of nitrogens with one attached hydrogen (secondary N) is 2. The monoisotopic (exact) mass is 931 g/mol. The third kappa shape index (κ3) is 7.94. The van der Waals surface area contributed by atoms with Crippen LogP contribution in [0.5, 0.6) is 5.75 Å². The number of rotatable bonds is 12. The number of fused-ring (bicyclic) bond motifs is 4. The van der Waals surface area contributed by atoms with Gasteiger partial charge in [0.2, 0.25) is 11.8 Å². The summed E-state index contributed by atoms with van der Waals surface area (Å²) in [5, 5.41) is 24.2. The molecule has 3 aliphatic rings. The van der Waals surface area contributed by atoms with Crippen molar-refractivity contribution in [1.29, 1.82) is 0 Å². The zero-order valence-corrected chi connectivity index (χ0v) is 38.2. The van der Waals surface area contributed by atoms with Crippen molar-refractivity contribution in [2.24, 2.45) is 5.92 Å². The molecule has 7 aromatic rings. The minimum Gasteiger partial charge on any atom is -0.491 e. The van der Waals surface area contributed by atoms with Crippen LogP contribution >= 0.6 is 0 Å². The number of carbonyl (C=O) groups is 4. The van der Waals surface area contributed by atoms with Gasteiger partial charge in [-0.05, 0) is 77.2 Å². The molecule has 0 saturated carbocycles. The van der Waals surface area contributed by atoms with Gasteiger partial charge in [0.05, 0.1) is 41.9 Å². The number of urea groups is 1. The van der Waals surface area contributed by atoms with E-state index in [1.807, 2.05) is 127 Å². The Bertz CT molecular complexity index is 3150. The van der Waals surface area contributed by atoms with Crippen LogP contribution in [-0.2, 0) is 31.1 Å². The van der Waals surface area contributed by atoms with E-state index in [4.69, 9.17) is 9.47 Å². The van der Waals surface area contributed by atoms with Crippen LogP contribution in [0.25, 0.3) is 11.0 Å². The number of benzene rings is 6. The number of para-hydroxylation sites is 1. The lowest BCUT2D eigenvalue weighted by Gasteiger charge is -2.46. The SMILES string of the molecule is C=CCNC(=O)C1C2C(=O)OC(c3ccccc3)C(c3ccccc3)N2C(c2ccc(OCCO)cc2)C12C(=O)N(C(=O)NC(C)c1ccccc1)c1ccc(C#CCn3nnc4ccccc43)cc12. The summed E-state index contributed by atoms with van der Waals surface area (Å²) in [7, 11) is 0. The van der Waals surface area contributed by atoms with E-state index in [2.05, 4.69) is 39.4 Å². The van der Waals surface area contributed by atoms with E-state index in [1.54, 1.807) is 47.1 Å². The summed E-state index contributed by atoms with van der Waals surface area (Å²) in [4.78, 5) is 65.5. The number of aliphatic hydroxyl groups is 1. The highest BCUT2D eigenvalue weighted by Gasteiger charge is 2.75. The van der Waals surface area contributed by atoms with Crippen LogP contribution in [0.3, 0.4) is 0 Å². The minimum absolute atomic E-state index is 0.0197. The van der Waals surface area contributed by atoms with E-state index in [-0.39, 0.29) is 32.0 Å². The molecule has 1 spiro atoms. The number of cyclic esters (lactones) is 1. The van der Waals surface area contributed by atoms with E-state index in [0.29, 0.717) is 28.0 Å². The molecule has 1 aromatic heterocycles. The number of morpholine rings is 1. The van der Waals surface area contributed by atoms with Crippen LogP contribution in [0, 0.1) is 17.8 Å². The van der Waals surface area contributed by atoms with E-state index < -0.39 is 65.4 Å². The van der Waals surface area contributed by atoms with Crippen molar-refractivity contribution in [1.82, 2.24) is 30.5 Å². The van der Waals surface area contributed by atoms with Gasteiger partial charge in [0.1, 0.15) is 42.0 Å². The molecule has 14 nitrogen and oxygen atoms in total. The molecule has 0 radical (unpaired) electrons. The molecule has 14 heteroatoms. The second-order valence-corrected chi connectivity index (χ2v) is 17.4. The molecular formula is C56H49N7O7. The number of hydrogen-bond donors (Lipinski definition) is 3. The average Bonchev–Trinajstić information content (AvgIpc) is 4.04. The number of carbonyl (C=O) groups excluding carboxylic acids is 4. The Hall–Kier alpha value is -8.38. The van der Waals surface area contributed by atoms with Crippen molar-refractivity contribution in [2.45, 2.75) is 49.2 Å². The fourth-order valence-electron chi connectivity index (χ4n) is 10.5. The highest BCUT2D eigenvalue weighted by atomic mass is 16.6. The van der Waals surface area contributed by atoms with Gasteiger partial charge in [0, 0.05) is 12.1 Å². The largest absolute Gasteiger partial charge is 0.491 e. The summed E-state index contributed by atoms with van der Waals surface area (Å²) in [6.45, 7) is 5.72. The fourth-order valence-corrected chi connectivity index (χ4v) is 10.5. The van der Waals surface area contributed by atoms with Gasteiger partial charge in [-0.3, -0.25) is 19.3 Å². The van der Waals surface area contributed by atoms with E-state index >= 15 is 19.2 Å². The Morgan fingerprint density at radius 1 is 0.857 bits per heavy atom. The molecule has 350 valence electrons. The van der Waals surface area contributed by atoms with Crippen molar-refractivity contribution < 1.29 is 33.8 Å². The number of amides is 4. The maximum Gasteiger partial charge on any atom is 0.329 e. The fraction of sp³-hybridized carbons (Fsp3) is 0.214. The smallest absolute Gasteiger partial charge is 0.329 e. The molecule has 10 rings (SSSR count). The maximum absolute atomic E-state index is 16.6. The number of imide groups is 1. The van der Waals surface area contributed by atoms with Gasteiger partial charge in [0.15, 0.2) is 0 Å². The summed E-state index contributed by atoms with van der Waals surface area (Å²) >= 11 is 0. The van der Waals surface area contributed by atoms with Gasteiger partial charge in [-0.2, -0.15) is 0 Å². The summed E-state index contributed by atoms with van der Waals surface area (Å²) in [6.07, 6.45) is 0.625. The molecule has 0 bridgehead atoms. The number of aliphatic hydroxyl groups excluding tert-OH is 1. The number of anilines is 1. The van der Waals surface area contributed by atoms with Crippen molar-refractivity contribution in [3.05, 3.63) is 204 Å². The van der Waals surface area contributed by atoms with Crippen molar-refractivity contribution in [3.8, 4) is 17.6 Å². The van der Waals surface area contributed by atoms with Gasteiger partial charge in [0.25, 0.3) is 0 Å². The molecule has 0 aliphatic carbocycles. The molecular weight excluding hydrogens is 883 g/mol. The zero-order valence-electron chi connectivity index (χ0n) is 38.2. The van der Waals surface area contributed by atoms with Crippen LogP contribution in [0.4, 0.5) is 10.5 Å². The van der Waals surface area contributed by atoms with Gasteiger partial charge in [-0.15, -0.1) is 11.7 Å². The first-order chi connectivity index (χ1) is 34.2. The third-order valence-corrected chi connectivity index (χ3v) is 13.4. The molecule has 70 heavy (non-hydrogen) atoms. The van der Waals surface area contributed by atoms with Gasteiger partial charge in [-0.25, -0.2) is 14.4 Å². The Morgan fingerprint density at radius 2 is 1.54 bits per heavy atom. The molecule has 7 atom stereocenters. The lowest BCUT2D eigenvalue weighted by atomic mass is 9.65. The second kappa shape index (κ2) is 19.3. The molecule has 3 N–H and O–H groups in total. The van der Waals surface area contributed by atoms with Crippen molar-refractivity contribution in [2.75, 3.05) is 24.7 Å². The minimum atomic E-state index is -2.00. The first-order valence-corrected chi connectivity index (χ1v) is 23.2. The summed E-state index contributed by atoms with van der Waals surface area (Å²) < 4.78 is 14.1. The first kappa shape index (κ1) is 45.4. The summed E-state index contributed by atoms with van der Waals surface area (Å²) in [5.41, 5.74) is 3.41. The third-order valence-electron chi connectivity index (χ3n) is 13.4. The number of ether oxygens (including phenoxy) is 2. The number of nitrogens with zero attached hydrogens (tertiary/aromatic N) is 5. The molecule has 4 amide bonds. The van der Waals surface area contributed by atoms with E-state index in [9.17, 15) is 5.11 Å². The summed E-state index contributed by atoms with van der Waals surface area (Å²) in [5.74, 6) is 3.41. The molecule has 6 aromatic carbocycles. The normalized spacial score (nSPS) is 21.8. The van der Waals surface area contributed by atoms with E-state index in [0.717, 1.165) is 27.1 Å². The molecule has 4 heterocycles. The second-order valence-electron chi connectivity index (χ2n) is 17.4. The predicted molar refractivity (Wildman–Crippen MR) is 262 cm³/mol. The van der Waals surface area contributed by atoms with Crippen LogP contribution in [0.1, 0.15) is 64.5 Å². The van der Waals surface area contributed by atoms with Gasteiger partial charge < -0.3 is 25.2 Å². The topological polar surface area (TPSA) is 168 Å². The van der Waals surface area contributed by atoms with Crippen molar-refractivity contribution >= 4 is 40.5 Å². The van der Waals surface area contributed by atoms with E-state index in [1.165, 1.54) is 6.08 Å². The Balaban J connectivity index is 1.23. The van der Waals surface area contributed by atoms with Crippen LogP contribution in [0.2, 0.25) is 0 Å². The first-order valence-electron chi connectivity index (χ1n) is 23.2.